The van der Waals surface area contributed by atoms with Gasteiger partial charge in [0.15, 0.2) is 0 Å². The molecular formula is C71H29N13. The van der Waals surface area contributed by atoms with E-state index in [4.69, 9.17) is 0 Å². The highest BCUT2D eigenvalue weighted by molar-refractivity contribution is 6.15. The van der Waals surface area contributed by atoms with Crippen LogP contribution >= 0.6 is 0 Å². The van der Waals surface area contributed by atoms with Crippen LogP contribution in [0.5, 0.6) is 0 Å². The van der Waals surface area contributed by atoms with Gasteiger partial charge in [0, 0.05) is 27.1 Å². The fourth-order valence-corrected chi connectivity index (χ4v) is 11.3. The fourth-order valence-electron chi connectivity index (χ4n) is 11.3. The van der Waals surface area contributed by atoms with Crippen LogP contribution in [0.2, 0.25) is 0 Å². The molecule has 12 aromatic rings. The van der Waals surface area contributed by atoms with E-state index in [0.29, 0.717) is 133 Å². The van der Waals surface area contributed by atoms with Crippen molar-refractivity contribution >= 4 is 43.6 Å². The van der Waals surface area contributed by atoms with Gasteiger partial charge in [0.25, 0.3) is 0 Å². The summed E-state index contributed by atoms with van der Waals surface area (Å²) in [4.78, 5) is 0. The van der Waals surface area contributed by atoms with E-state index >= 15 is 0 Å². The Labute approximate surface area is 479 Å². The maximum Gasteiger partial charge on any atom is 0.0998 e. The zero-order valence-corrected chi connectivity index (χ0v) is 43.6. The van der Waals surface area contributed by atoms with E-state index in [1.54, 1.807) is 72.8 Å². The first-order valence-electron chi connectivity index (χ1n) is 25.6. The molecule has 2 heterocycles. The summed E-state index contributed by atoms with van der Waals surface area (Å²) in [5, 5.41) is 116. The van der Waals surface area contributed by atoms with Crippen molar-refractivity contribution in [3.05, 3.63) is 237 Å². The van der Waals surface area contributed by atoms with Crippen LogP contribution in [-0.4, -0.2) is 9.13 Å². The van der Waals surface area contributed by atoms with Crippen LogP contribution in [-0.2, 0) is 0 Å². The molecule has 0 atom stereocenters. The van der Waals surface area contributed by atoms with Gasteiger partial charge < -0.3 is 9.13 Å². The Hall–Kier alpha value is -13.8. The number of fused-ring (bicyclic) bond motifs is 6. The van der Waals surface area contributed by atoms with E-state index in [1.165, 1.54) is 30.3 Å². The van der Waals surface area contributed by atoms with Gasteiger partial charge >= 0.3 is 0 Å². The maximum absolute atomic E-state index is 11.2. The number of nitrogens with zero attached hydrogens (tertiary/aromatic N) is 13. The SMILES string of the molecule is N#Cc1cc(C#N)cc(-c2c(-n3c4ccc(-c5ccc(C#N)cc5C#N)cc4c4cc(-c5ccc(C#N)cc5C#N)ccc43)cc(C#N)cc2-n2c3ccc(-c4ccc(C#N)cc4C#N)cc3c3cc(-c4ccc(C#N)cc4C#N)ccc32)c1. The van der Waals surface area contributed by atoms with Crippen molar-refractivity contribution in [3.8, 4) is 134 Å². The van der Waals surface area contributed by atoms with Crippen molar-refractivity contribution in [2.75, 3.05) is 0 Å². The first-order valence-corrected chi connectivity index (χ1v) is 25.6. The first kappa shape index (κ1) is 51.0. The second kappa shape index (κ2) is 20.5. The van der Waals surface area contributed by atoms with Crippen molar-refractivity contribution in [2.45, 2.75) is 0 Å². The van der Waals surface area contributed by atoms with Crippen LogP contribution < -0.4 is 0 Å². The molecule has 0 unspecified atom stereocenters. The topological polar surface area (TPSA) is 272 Å². The molecule has 13 nitrogen and oxygen atoms in total. The summed E-state index contributed by atoms with van der Waals surface area (Å²) < 4.78 is 4.01. The van der Waals surface area contributed by atoms with E-state index in [1.807, 2.05) is 81.9 Å². The molecule has 0 fully saturated rings. The molecule has 0 N–H and O–H groups in total. The van der Waals surface area contributed by atoms with Crippen molar-refractivity contribution in [2.24, 2.45) is 0 Å². The van der Waals surface area contributed by atoms with Gasteiger partial charge in [-0.3, -0.25) is 0 Å². The number of nitriles is 11. The standard InChI is InChI=1S/C71H29N13/c72-30-41-1-9-57(53(18-41)37-79)48-5-13-65-61(26-48)62-27-49(58-10-2-42(31-73)19-54(58)38-80)6-14-66(62)83(65)69-24-47(36-78)25-70(71(69)52-22-45(34-76)17-46(23-52)35-77)84-67-15-7-50(59-11-3-43(32-74)20-55(59)39-81)28-63(67)64-29-51(8-16-68(64)84)60-12-4-44(33-75)21-56(60)40-82/h1-29H. The van der Waals surface area contributed by atoms with Crippen LogP contribution in [0.3, 0.4) is 0 Å². The molecule has 0 spiro atoms. The minimum atomic E-state index is 0.191. The van der Waals surface area contributed by atoms with E-state index < -0.39 is 0 Å². The van der Waals surface area contributed by atoms with Crippen LogP contribution in [0, 0.1) is 125 Å². The quantitative estimate of drug-likeness (QED) is 0.145. The van der Waals surface area contributed by atoms with Crippen molar-refractivity contribution < 1.29 is 0 Å². The number of hydrogen-bond acceptors (Lipinski definition) is 11. The molecule has 0 aliphatic rings. The number of aromatic nitrogens is 2. The number of rotatable bonds is 7. The summed E-state index contributed by atoms with van der Waals surface area (Å²) in [6, 6.07) is 75.2. The van der Waals surface area contributed by atoms with E-state index in [0.717, 1.165) is 0 Å². The van der Waals surface area contributed by atoms with Gasteiger partial charge in [0.05, 0.1) is 161 Å². The average molecular weight is 1060 g/mol. The van der Waals surface area contributed by atoms with Crippen LogP contribution in [0.25, 0.3) is 111 Å². The molecule has 0 saturated heterocycles. The fraction of sp³-hybridized carbons (Fsp3) is 0. The molecule has 378 valence electrons. The van der Waals surface area contributed by atoms with Crippen molar-refractivity contribution in [1.29, 1.82) is 57.9 Å². The summed E-state index contributed by atoms with van der Waals surface area (Å²) in [6.45, 7) is 0. The average Bonchev–Trinajstić information content (AvgIpc) is 1.77. The Bertz CT molecular complexity index is 4880. The third-order valence-corrected chi connectivity index (χ3v) is 15.0. The molecule has 0 amide bonds. The van der Waals surface area contributed by atoms with Crippen molar-refractivity contribution in [3.63, 3.8) is 0 Å². The van der Waals surface area contributed by atoms with Crippen LogP contribution in [0.15, 0.2) is 176 Å². The molecule has 0 aliphatic heterocycles. The maximum atomic E-state index is 11.2. The number of benzene rings is 10. The highest BCUT2D eigenvalue weighted by Gasteiger charge is 2.26. The molecule has 13 heteroatoms. The largest absolute Gasteiger partial charge is 0.308 e. The Kier molecular flexibility index (Phi) is 12.5. The van der Waals surface area contributed by atoms with E-state index in [2.05, 4.69) is 66.8 Å². The third kappa shape index (κ3) is 8.33. The first-order chi connectivity index (χ1) is 41.1. The van der Waals surface area contributed by atoms with Crippen molar-refractivity contribution in [1.82, 2.24) is 9.13 Å². The second-order valence-electron chi connectivity index (χ2n) is 19.6. The Balaban J connectivity index is 1.23. The predicted molar refractivity (Wildman–Crippen MR) is 314 cm³/mol. The highest BCUT2D eigenvalue weighted by Crippen LogP contribution is 2.46. The summed E-state index contributed by atoms with van der Waals surface area (Å²) in [5.74, 6) is 0. The molecule has 12 rings (SSSR count). The van der Waals surface area contributed by atoms with Crippen LogP contribution in [0.4, 0.5) is 0 Å². The minimum Gasteiger partial charge on any atom is -0.308 e. The zero-order valence-electron chi connectivity index (χ0n) is 43.6. The predicted octanol–water partition coefficient (Wildman–Crippen LogP) is 14.8. The Morgan fingerprint density at radius 2 is 0.476 bits per heavy atom. The lowest BCUT2D eigenvalue weighted by atomic mass is 9.95. The second-order valence-corrected chi connectivity index (χ2v) is 19.6. The summed E-state index contributed by atoms with van der Waals surface area (Å²) in [7, 11) is 0. The third-order valence-electron chi connectivity index (χ3n) is 15.0. The highest BCUT2D eigenvalue weighted by atomic mass is 15.0. The monoisotopic (exact) mass is 1060 g/mol. The molecule has 0 saturated carbocycles. The van der Waals surface area contributed by atoms with Gasteiger partial charge in [-0.05, 0) is 177 Å². The Morgan fingerprint density at radius 3 is 0.726 bits per heavy atom. The molecule has 0 radical (unpaired) electrons. The van der Waals surface area contributed by atoms with Gasteiger partial charge in [0.1, 0.15) is 0 Å². The van der Waals surface area contributed by atoms with Gasteiger partial charge in [-0.15, -0.1) is 0 Å². The summed E-state index contributed by atoms with van der Waals surface area (Å²) in [6.07, 6.45) is 0. The smallest absolute Gasteiger partial charge is 0.0998 e. The van der Waals surface area contributed by atoms with E-state index in [9.17, 15) is 57.9 Å². The van der Waals surface area contributed by atoms with Gasteiger partial charge in [0.2, 0.25) is 0 Å². The van der Waals surface area contributed by atoms with Crippen LogP contribution in [0.1, 0.15) is 61.2 Å². The number of hydrogen-bond donors (Lipinski definition) is 0. The summed E-state index contributed by atoms with van der Waals surface area (Å²) in [5.41, 5.74) is 12.4. The minimum absolute atomic E-state index is 0.191. The molecule has 2 aromatic heterocycles. The van der Waals surface area contributed by atoms with Gasteiger partial charge in [-0.2, -0.15) is 57.9 Å². The lowest BCUT2D eigenvalue weighted by molar-refractivity contribution is 1.13. The molecule has 10 aromatic carbocycles. The lowest BCUT2D eigenvalue weighted by Crippen LogP contribution is -2.05. The van der Waals surface area contributed by atoms with Gasteiger partial charge in [-0.25, -0.2) is 0 Å². The normalized spacial score (nSPS) is 10.5. The van der Waals surface area contributed by atoms with E-state index in [-0.39, 0.29) is 38.9 Å². The lowest BCUT2D eigenvalue weighted by Gasteiger charge is -2.21. The molecule has 0 bridgehead atoms. The molecular weight excluding hydrogens is 1030 g/mol. The molecule has 0 aliphatic carbocycles. The Morgan fingerprint density at radius 1 is 0.214 bits per heavy atom. The molecule has 84 heavy (non-hydrogen) atoms. The summed E-state index contributed by atoms with van der Waals surface area (Å²) >= 11 is 0. The van der Waals surface area contributed by atoms with Gasteiger partial charge in [-0.1, -0.05) is 48.5 Å². The zero-order chi connectivity index (χ0) is 58.3.